The van der Waals surface area contributed by atoms with Crippen molar-refractivity contribution in [3.05, 3.63) is 0 Å². The molecule has 0 bridgehead atoms. The fraction of sp³-hybridized carbons (Fsp3) is 0.923. The Kier molecular flexibility index (Phi) is 9.30. The second-order valence-corrected chi connectivity index (χ2v) is 4.86. The average molecular weight is 228 g/mol. The van der Waals surface area contributed by atoms with Crippen molar-refractivity contribution in [3.8, 4) is 0 Å². The molecular weight excluding hydrogens is 200 g/mol. The number of amides is 1. The van der Waals surface area contributed by atoms with Gasteiger partial charge in [-0.2, -0.15) is 0 Å². The Bertz CT molecular complexity index is 181. The van der Waals surface area contributed by atoms with Gasteiger partial charge in [0.1, 0.15) is 0 Å². The lowest BCUT2D eigenvalue weighted by molar-refractivity contribution is -0.122. The van der Waals surface area contributed by atoms with Crippen molar-refractivity contribution in [2.75, 3.05) is 13.1 Å². The number of carbonyl (C=O) groups excluding carboxylic acids is 1. The topological polar surface area (TPSA) is 41.1 Å². The van der Waals surface area contributed by atoms with E-state index >= 15 is 0 Å². The highest BCUT2D eigenvalue weighted by Gasteiger charge is 2.10. The minimum atomic E-state index is -0.0691. The van der Waals surface area contributed by atoms with E-state index in [1.165, 1.54) is 12.8 Å². The van der Waals surface area contributed by atoms with E-state index in [9.17, 15) is 4.79 Å². The minimum Gasteiger partial charge on any atom is -0.355 e. The van der Waals surface area contributed by atoms with Gasteiger partial charge in [-0.1, -0.05) is 33.6 Å². The van der Waals surface area contributed by atoms with Crippen molar-refractivity contribution in [1.82, 2.24) is 10.6 Å². The monoisotopic (exact) mass is 228 g/mol. The first-order chi connectivity index (χ1) is 7.57. The Balaban J connectivity index is 3.49. The minimum absolute atomic E-state index is 0.0691. The van der Waals surface area contributed by atoms with E-state index in [4.69, 9.17) is 0 Å². The number of nitrogens with one attached hydrogen (secondary N) is 2. The first-order valence-electron chi connectivity index (χ1n) is 6.59. The molecule has 1 amide bonds. The summed E-state index contributed by atoms with van der Waals surface area (Å²) in [7, 11) is 0. The Hall–Kier alpha value is -0.570. The van der Waals surface area contributed by atoms with Crippen LogP contribution in [0.25, 0.3) is 0 Å². The SMILES string of the molecule is CCCCCNC(=O)C(C)NCCC(C)C. The maximum Gasteiger partial charge on any atom is 0.236 e. The molecule has 3 nitrogen and oxygen atoms in total. The van der Waals surface area contributed by atoms with Crippen LogP contribution in [0.4, 0.5) is 0 Å². The highest BCUT2D eigenvalue weighted by Crippen LogP contribution is 1.97. The van der Waals surface area contributed by atoms with Gasteiger partial charge in [0.25, 0.3) is 0 Å². The van der Waals surface area contributed by atoms with Crippen molar-refractivity contribution in [2.24, 2.45) is 5.92 Å². The van der Waals surface area contributed by atoms with Gasteiger partial charge in [-0.25, -0.2) is 0 Å². The van der Waals surface area contributed by atoms with E-state index in [1.807, 2.05) is 6.92 Å². The maximum absolute atomic E-state index is 11.6. The van der Waals surface area contributed by atoms with E-state index in [0.29, 0.717) is 5.92 Å². The molecular formula is C13H28N2O. The highest BCUT2D eigenvalue weighted by atomic mass is 16.2. The number of hydrogen-bond donors (Lipinski definition) is 2. The maximum atomic E-state index is 11.6. The zero-order valence-corrected chi connectivity index (χ0v) is 11.3. The van der Waals surface area contributed by atoms with Crippen LogP contribution in [0.1, 0.15) is 53.4 Å². The molecule has 0 aromatic carbocycles. The van der Waals surface area contributed by atoms with Crippen molar-refractivity contribution in [1.29, 1.82) is 0 Å². The number of unbranched alkanes of at least 4 members (excludes halogenated alkanes) is 2. The number of carbonyl (C=O) groups is 1. The van der Waals surface area contributed by atoms with Crippen LogP contribution in [0.2, 0.25) is 0 Å². The predicted octanol–water partition coefficient (Wildman–Crippen LogP) is 2.32. The molecule has 96 valence electrons. The Morgan fingerprint density at radius 3 is 2.38 bits per heavy atom. The summed E-state index contributed by atoms with van der Waals surface area (Å²) >= 11 is 0. The molecule has 3 heteroatoms. The molecule has 0 heterocycles. The van der Waals surface area contributed by atoms with Crippen molar-refractivity contribution >= 4 is 5.91 Å². The van der Waals surface area contributed by atoms with Gasteiger partial charge in [-0.05, 0) is 32.2 Å². The van der Waals surface area contributed by atoms with Crippen molar-refractivity contribution in [2.45, 2.75) is 59.4 Å². The Morgan fingerprint density at radius 2 is 1.81 bits per heavy atom. The molecule has 0 aliphatic rings. The summed E-state index contributed by atoms with van der Waals surface area (Å²) < 4.78 is 0. The van der Waals surface area contributed by atoms with Gasteiger partial charge in [0.05, 0.1) is 6.04 Å². The lowest BCUT2D eigenvalue weighted by Crippen LogP contribution is -2.43. The van der Waals surface area contributed by atoms with Crippen LogP contribution in [0.15, 0.2) is 0 Å². The zero-order chi connectivity index (χ0) is 12.4. The van der Waals surface area contributed by atoms with Crippen molar-refractivity contribution < 1.29 is 4.79 Å². The van der Waals surface area contributed by atoms with Crippen LogP contribution in [0.3, 0.4) is 0 Å². The largest absolute Gasteiger partial charge is 0.355 e. The van der Waals surface area contributed by atoms with E-state index in [2.05, 4.69) is 31.4 Å². The molecule has 16 heavy (non-hydrogen) atoms. The summed E-state index contributed by atoms with van der Waals surface area (Å²) in [5.41, 5.74) is 0. The number of hydrogen-bond acceptors (Lipinski definition) is 2. The first kappa shape index (κ1) is 15.4. The van der Waals surface area contributed by atoms with Crippen molar-refractivity contribution in [3.63, 3.8) is 0 Å². The third-order valence-electron chi connectivity index (χ3n) is 2.65. The molecule has 0 aromatic rings. The standard InChI is InChI=1S/C13H28N2O/c1-5-6-7-9-15-13(16)12(4)14-10-8-11(2)3/h11-12,14H,5-10H2,1-4H3,(H,15,16). The van der Waals surface area contributed by atoms with Gasteiger partial charge in [0, 0.05) is 6.54 Å². The van der Waals surface area contributed by atoms with Gasteiger partial charge in [-0.3, -0.25) is 4.79 Å². The van der Waals surface area contributed by atoms with Crippen LogP contribution >= 0.6 is 0 Å². The van der Waals surface area contributed by atoms with Gasteiger partial charge < -0.3 is 10.6 Å². The predicted molar refractivity (Wildman–Crippen MR) is 69.5 cm³/mol. The van der Waals surface area contributed by atoms with E-state index in [0.717, 1.165) is 25.9 Å². The lowest BCUT2D eigenvalue weighted by Gasteiger charge is -2.14. The molecule has 0 aliphatic carbocycles. The summed E-state index contributed by atoms with van der Waals surface area (Å²) in [4.78, 5) is 11.6. The Labute approximate surface area is 100 Å². The Morgan fingerprint density at radius 1 is 1.12 bits per heavy atom. The fourth-order valence-electron chi connectivity index (χ4n) is 1.42. The van der Waals surface area contributed by atoms with Crippen LogP contribution in [0, 0.1) is 5.92 Å². The molecule has 0 saturated carbocycles. The van der Waals surface area contributed by atoms with Crippen LogP contribution in [-0.2, 0) is 4.79 Å². The molecule has 0 aromatic heterocycles. The summed E-state index contributed by atoms with van der Waals surface area (Å²) in [6.07, 6.45) is 4.59. The van der Waals surface area contributed by atoms with Gasteiger partial charge in [0.2, 0.25) is 5.91 Å². The fourth-order valence-corrected chi connectivity index (χ4v) is 1.42. The smallest absolute Gasteiger partial charge is 0.236 e. The third kappa shape index (κ3) is 8.72. The van der Waals surface area contributed by atoms with Crippen LogP contribution < -0.4 is 10.6 Å². The van der Waals surface area contributed by atoms with Gasteiger partial charge in [0.15, 0.2) is 0 Å². The molecule has 0 fully saturated rings. The molecule has 1 unspecified atom stereocenters. The molecule has 0 radical (unpaired) electrons. The number of rotatable bonds is 9. The average Bonchev–Trinajstić information content (AvgIpc) is 2.23. The third-order valence-corrected chi connectivity index (χ3v) is 2.65. The van der Waals surface area contributed by atoms with E-state index in [-0.39, 0.29) is 11.9 Å². The second-order valence-electron chi connectivity index (χ2n) is 4.86. The van der Waals surface area contributed by atoms with Crippen LogP contribution in [0.5, 0.6) is 0 Å². The molecule has 0 rings (SSSR count). The second kappa shape index (κ2) is 9.64. The van der Waals surface area contributed by atoms with E-state index < -0.39 is 0 Å². The van der Waals surface area contributed by atoms with Crippen LogP contribution in [-0.4, -0.2) is 25.0 Å². The normalized spacial score (nSPS) is 12.8. The van der Waals surface area contributed by atoms with Gasteiger partial charge in [-0.15, -0.1) is 0 Å². The summed E-state index contributed by atoms with van der Waals surface area (Å²) in [6, 6.07) is -0.0691. The summed E-state index contributed by atoms with van der Waals surface area (Å²) in [5, 5.41) is 6.20. The first-order valence-corrected chi connectivity index (χ1v) is 6.59. The van der Waals surface area contributed by atoms with Gasteiger partial charge >= 0.3 is 0 Å². The highest BCUT2D eigenvalue weighted by molar-refractivity contribution is 5.81. The lowest BCUT2D eigenvalue weighted by atomic mass is 10.1. The summed E-state index contributed by atoms with van der Waals surface area (Å²) in [5.74, 6) is 0.812. The summed E-state index contributed by atoms with van der Waals surface area (Å²) in [6.45, 7) is 10.2. The molecule has 1 atom stereocenters. The molecule has 0 aliphatic heterocycles. The van der Waals surface area contributed by atoms with E-state index in [1.54, 1.807) is 0 Å². The zero-order valence-electron chi connectivity index (χ0n) is 11.3. The molecule has 0 saturated heterocycles. The molecule has 0 spiro atoms. The quantitative estimate of drug-likeness (QED) is 0.595. The molecule has 2 N–H and O–H groups in total.